The molecule has 4 heteroatoms. The van der Waals surface area contributed by atoms with Crippen molar-refractivity contribution < 1.29 is 9.18 Å². The molecule has 0 saturated carbocycles. The first-order valence-corrected chi connectivity index (χ1v) is 4.07. The molecule has 0 atom stereocenters. The van der Waals surface area contributed by atoms with Gasteiger partial charge in [0.05, 0.1) is 5.70 Å². The minimum absolute atomic E-state index is 0.231. The Bertz CT molecular complexity index is 363. The molecule has 0 aromatic heterocycles. The quantitative estimate of drug-likeness (QED) is 0.716. The summed E-state index contributed by atoms with van der Waals surface area (Å²) in [5.41, 5.74) is 0.640. The van der Waals surface area contributed by atoms with Crippen molar-refractivity contribution in [3.8, 4) is 0 Å². The number of carbonyl (C=O) groups is 1. The van der Waals surface area contributed by atoms with Crippen LogP contribution in [0, 0.1) is 5.82 Å². The van der Waals surface area contributed by atoms with Crippen molar-refractivity contribution in [3.05, 3.63) is 42.4 Å². The van der Waals surface area contributed by atoms with Crippen molar-refractivity contribution in [2.24, 2.45) is 0 Å². The Morgan fingerprint density at radius 2 is 2.21 bits per heavy atom. The fourth-order valence-corrected chi connectivity index (χ4v) is 0.886. The average molecular weight is 194 g/mol. The molecule has 2 N–H and O–H groups in total. The maximum Gasteiger partial charge on any atom is 0.271 e. The van der Waals surface area contributed by atoms with Gasteiger partial charge in [-0.25, -0.2) is 4.39 Å². The van der Waals surface area contributed by atoms with Crippen LogP contribution in [0.3, 0.4) is 0 Å². The first-order valence-electron chi connectivity index (χ1n) is 4.07. The molecule has 0 heterocycles. The van der Waals surface area contributed by atoms with Crippen molar-refractivity contribution in [2.75, 3.05) is 12.4 Å². The van der Waals surface area contributed by atoms with Gasteiger partial charge in [0.25, 0.3) is 5.91 Å². The van der Waals surface area contributed by atoms with Gasteiger partial charge in [-0.3, -0.25) is 4.79 Å². The van der Waals surface area contributed by atoms with Gasteiger partial charge in [0, 0.05) is 12.7 Å². The zero-order chi connectivity index (χ0) is 10.6. The second-order valence-electron chi connectivity index (χ2n) is 2.69. The zero-order valence-electron chi connectivity index (χ0n) is 7.80. The molecular formula is C10H11FN2O. The van der Waals surface area contributed by atoms with Crippen molar-refractivity contribution in [1.29, 1.82) is 0 Å². The smallest absolute Gasteiger partial charge is 0.271 e. The highest BCUT2D eigenvalue weighted by Gasteiger charge is 2.04. The Balaban J connectivity index is 2.70. The summed E-state index contributed by atoms with van der Waals surface area (Å²) in [7, 11) is 1.59. The summed E-state index contributed by atoms with van der Waals surface area (Å²) in [5, 5.41) is 5.09. The fourth-order valence-electron chi connectivity index (χ4n) is 0.886. The van der Waals surface area contributed by atoms with Gasteiger partial charge < -0.3 is 10.6 Å². The van der Waals surface area contributed by atoms with Crippen LogP contribution in [-0.2, 0) is 4.79 Å². The van der Waals surface area contributed by atoms with Gasteiger partial charge in [-0.2, -0.15) is 0 Å². The number of nitrogens with one attached hydrogen (secondary N) is 2. The van der Waals surface area contributed by atoms with Crippen LogP contribution < -0.4 is 10.6 Å². The average Bonchev–Trinajstić information content (AvgIpc) is 2.16. The van der Waals surface area contributed by atoms with Crippen LogP contribution in [-0.4, -0.2) is 13.0 Å². The Labute approximate surface area is 81.6 Å². The van der Waals surface area contributed by atoms with Crippen LogP contribution in [0.2, 0.25) is 0 Å². The third-order valence-electron chi connectivity index (χ3n) is 1.66. The Morgan fingerprint density at radius 3 is 2.79 bits per heavy atom. The van der Waals surface area contributed by atoms with Gasteiger partial charge in [0.1, 0.15) is 5.82 Å². The molecule has 14 heavy (non-hydrogen) atoms. The van der Waals surface area contributed by atoms with Crippen molar-refractivity contribution in [1.82, 2.24) is 5.32 Å². The first kappa shape index (κ1) is 10.2. The van der Waals surface area contributed by atoms with Crippen LogP contribution in [0.5, 0.6) is 0 Å². The second-order valence-corrected chi connectivity index (χ2v) is 2.69. The van der Waals surface area contributed by atoms with E-state index in [-0.39, 0.29) is 11.6 Å². The van der Waals surface area contributed by atoms with Crippen molar-refractivity contribution >= 4 is 11.6 Å². The molecule has 0 radical (unpaired) electrons. The van der Waals surface area contributed by atoms with E-state index in [0.29, 0.717) is 5.69 Å². The third kappa shape index (κ3) is 2.58. The number of halogens is 1. The molecule has 74 valence electrons. The van der Waals surface area contributed by atoms with Crippen LogP contribution >= 0.6 is 0 Å². The molecule has 1 amide bonds. The number of anilines is 1. The van der Waals surface area contributed by atoms with Crippen LogP contribution in [0.25, 0.3) is 0 Å². The van der Waals surface area contributed by atoms with Crippen LogP contribution in [0.4, 0.5) is 10.1 Å². The van der Waals surface area contributed by atoms with E-state index in [1.54, 1.807) is 13.1 Å². The number of hydrogen-bond acceptors (Lipinski definition) is 2. The third-order valence-corrected chi connectivity index (χ3v) is 1.66. The molecule has 0 aliphatic rings. The fraction of sp³-hybridized carbons (Fsp3) is 0.100. The Hall–Kier alpha value is -1.84. The predicted octanol–water partition coefficient (Wildman–Crippen LogP) is 1.50. The summed E-state index contributed by atoms with van der Waals surface area (Å²) in [5.74, 6) is -0.768. The standard InChI is InChI=1S/C10H11FN2O/c1-7(12-2)10(14)13-9-5-3-4-8(11)6-9/h3-6,12H,1H2,2H3,(H,13,14). The lowest BCUT2D eigenvalue weighted by Crippen LogP contribution is -2.21. The van der Waals surface area contributed by atoms with Gasteiger partial charge in [0.15, 0.2) is 0 Å². The number of rotatable bonds is 3. The molecule has 1 rings (SSSR count). The zero-order valence-corrected chi connectivity index (χ0v) is 7.80. The Kier molecular flexibility index (Phi) is 3.23. The van der Waals surface area contributed by atoms with Gasteiger partial charge in [-0.1, -0.05) is 12.6 Å². The molecular weight excluding hydrogens is 183 g/mol. The number of amides is 1. The molecule has 0 aliphatic heterocycles. The Morgan fingerprint density at radius 1 is 1.50 bits per heavy atom. The normalized spacial score (nSPS) is 9.29. The molecule has 0 unspecified atom stereocenters. The molecule has 0 bridgehead atoms. The highest BCUT2D eigenvalue weighted by Crippen LogP contribution is 2.09. The number of carbonyl (C=O) groups excluding carboxylic acids is 1. The van der Waals surface area contributed by atoms with Gasteiger partial charge in [-0.05, 0) is 18.2 Å². The summed E-state index contributed by atoms with van der Waals surface area (Å²) in [6.45, 7) is 3.47. The molecule has 0 saturated heterocycles. The van der Waals surface area contributed by atoms with Crippen LogP contribution in [0.15, 0.2) is 36.5 Å². The molecule has 0 spiro atoms. The lowest BCUT2D eigenvalue weighted by molar-refractivity contribution is -0.113. The number of likely N-dealkylation sites (N-methyl/N-ethyl adjacent to an activating group) is 1. The van der Waals surface area contributed by atoms with E-state index in [2.05, 4.69) is 17.2 Å². The maximum absolute atomic E-state index is 12.7. The van der Waals surface area contributed by atoms with E-state index < -0.39 is 5.82 Å². The number of benzene rings is 1. The van der Waals surface area contributed by atoms with Crippen molar-refractivity contribution in [2.45, 2.75) is 0 Å². The highest BCUT2D eigenvalue weighted by molar-refractivity contribution is 6.02. The summed E-state index contributed by atoms with van der Waals surface area (Å²) in [6, 6.07) is 5.67. The number of hydrogen-bond donors (Lipinski definition) is 2. The van der Waals surface area contributed by atoms with E-state index in [0.717, 1.165) is 0 Å². The highest BCUT2D eigenvalue weighted by atomic mass is 19.1. The van der Waals surface area contributed by atoms with E-state index in [4.69, 9.17) is 0 Å². The summed E-state index contributed by atoms with van der Waals surface area (Å²) >= 11 is 0. The molecule has 0 fully saturated rings. The van der Waals surface area contributed by atoms with Crippen LogP contribution in [0.1, 0.15) is 0 Å². The lowest BCUT2D eigenvalue weighted by atomic mass is 10.3. The molecule has 0 aliphatic carbocycles. The monoisotopic (exact) mass is 194 g/mol. The summed E-state index contributed by atoms with van der Waals surface area (Å²) in [6.07, 6.45) is 0. The molecule has 3 nitrogen and oxygen atoms in total. The largest absolute Gasteiger partial charge is 0.384 e. The van der Waals surface area contributed by atoms with E-state index in [1.807, 2.05) is 0 Å². The lowest BCUT2D eigenvalue weighted by Gasteiger charge is -2.06. The van der Waals surface area contributed by atoms with E-state index in [1.165, 1.54) is 18.2 Å². The minimum atomic E-state index is -0.391. The minimum Gasteiger partial charge on any atom is -0.384 e. The van der Waals surface area contributed by atoms with E-state index >= 15 is 0 Å². The predicted molar refractivity (Wildman–Crippen MR) is 53.2 cm³/mol. The maximum atomic E-state index is 12.7. The molecule has 1 aromatic rings. The van der Waals surface area contributed by atoms with Gasteiger partial charge in [0.2, 0.25) is 0 Å². The second kappa shape index (κ2) is 4.41. The van der Waals surface area contributed by atoms with E-state index in [9.17, 15) is 9.18 Å². The first-order chi connectivity index (χ1) is 6.63. The van der Waals surface area contributed by atoms with Gasteiger partial charge >= 0.3 is 0 Å². The van der Waals surface area contributed by atoms with Gasteiger partial charge in [-0.15, -0.1) is 0 Å². The van der Waals surface area contributed by atoms with Crippen molar-refractivity contribution in [3.63, 3.8) is 0 Å². The topological polar surface area (TPSA) is 41.1 Å². The summed E-state index contributed by atoms with van der Waals surface area (Å²) in [4.78, 5) is 11.3. The summed E-state index contributed by atoms with van der Waals surface area (Å²) < 4.78 is 12.7. The SMILES string of the molecule is C=C(NC)C(=O)Nc1cccc(F)c1. The molecule has 1 aromatic carbocycles.